The Labute approximate surface area is 312 Å². The van der Waals surface area contributed by atoms with Crippen LogP contribution < -0.4 is 5.32 Å². The zero-order valence-corrected chi connectivity index (χ0v) is 32.9. The van der Waals surface area contributed by atoms with E-state index < -0.39 is 49.5 Å². The molecular formula is C42H81NO8. The van der Waals surface area contributed by atoms with Crippen LogP contribution in [0.25, 0.3) is 0 Å². The van der Waals surface area contributed by atoms with E-state index in [2.05, 4.69) is 19.2 Å². The third-order valence-electron chi connectivity index (χ3n) is 10.4. The van der Waals surface area contributed by atoms with Crippen molar-refractivity contribution in [3.63, 3.8) is 0 Å². The Morgan fingerprint density at radius 2 is 1.08 bits per heavy atom. The van der Waals surface area contributed by atoms with Crippen LogP contribution in [0.3, 0.4) is 0 Å². The SMILES string of the molecule is CCCCCCCCCCCCCCC/C=C/[C@@H](O)[C@H](CO[C@@H]1O[C@H](CO)[C@@H](O)C(O)C1O)NC(=O)CCCCCCCCCCCCCCC. The first-order chi connectivity index (χ1) is 24.8. The molecule has 9 heteroatoms. The van der Waals surface area contributed by atoms with Crippen LogP contribution in [0.15, 0.2) is 12.2 Å². The fourth-order valence-electron chi connectivity index (χ4n) is 6.86. The van der Waals surface area contributed by atoms with Crippen LogP contribution in [0.4, 0.5) is 0 Å². The van der Waals surface area contributed by atoms with Crippen LogP contribution in [-0.2, 0) is 14.3 Å². The molecule has 0 aromatic heterocycles. The number of rotatable bonds is 35. The van der Waals surface area contributed by atoms with E-state index in [1.54, 1.807) is 6.08 Å². The topological polar surface area (TPSA) is 149 Å². The Balaban J connectivity index is 2.40. The lowest BCUT2D eigenvalue weighted by atomic mass is 9.99. The van der Waals surface area contributed by atoms with Gasteiger partial charge in [-0.2, -0.15) is 0 Å². The first-order valence-corrected chi connectivity index (χ1v) is 21.4. The molecule has 51 heavy (non-hydrogen) atoms. The zero-order valence-electron chi connectivity index (χ0n) is 32.9. The highest BCUT2D eigenvalue weighted by Gasteiger charge is 2.44. The van der Waals surface area contributed by atoms with Crippen LogP contribution in [0.2, 0.25) is 0 Å². The molecule has 1 aliphatic heterocycles. The van der Waals surface area contributed by atoms with Gasteiger partial charge in [0.25, 0.3) is 0 Å². The van der Waals surface area contributed by atoms with E-state index in [0.717, 1.165) is 38.5 Å². The number of aliphatic hydroxyl groups is 5. The predicted molar refractivity (Wildman–Crippen MR) is 207 cm³/mol. The van der Waals surface area contributed by atoms with Crippen molar-refractivity contribution in [2.75, 3.05) is 13.2 Å². The lowest BCUT2D eigenvalue weighted by Gasteiger charge is -2.40. The Hall–Kier alpha value is -1.07. The van der Waals surface area contributed by atoms with Crippen molar-refractivity contribution in [2.24, 2.45) is 0 Å². The number of ether oxygens (including phenoxy) is 2. The van der Waals surface area contributed by atoms with Gasteiger partial charge in [-0.25, -0.2) is 0 Å². The fourth-order valence-corrected chi connectivity index (χ4v) is 6.86. The number of allylic oxidation sites excluding steroid dienone is 1. The molecule has 1 fully saturated rings. The molecule has 0 spiro atoms. The van der Waals surface area contributed by atoms with Crippen molar-refractivity contribution in [3.05, 3.63) is 12.2 Å². The first kappa shape index (κ1) is 48.0. The van der Waals surface area contributed by atoms with Gasteiger partial charge in [-0.05, 0) is 19.3 Å². The number of carbonyl (C=O) groups excluding carboxylic acids is 1. The van der Waals surface area contributed by atoms with Gasteiger partial charge in [-0.15, -0.1) is 0 Å². The van der Waals surface area contributed by atoms with Gasteiger partial charge in [0.1, 0.15) is 24.4 Å². The lowest BCUT2D eigenvalue weighted by Crippen LogP contribution is -2.60. The highest BCUT2D eigenvalue weighted by molar-refractivity contribution is 5.76. The second kappa shape index (κ2) is 33.5. The molecular weight excluding hydrogens is 646 g/mol. The number of unbranched alkanes of at least 4 members (excludes halogenated alkanes) is 25. The van der Waals surface area contributed by atoms with Gasteiger partial charge in [0.2, 0.25) is 5.91 Å². The van der Waals surface area contributed by atoms with Crippen molar-refractivity contribution in [3.8, 4) is 0 Å². The summed E-state index contributed by atoms with van der Waals surface area (Å²) in [6, 6.07) is -0.797. The van der Waals surface area contributed by atoms with Gasteiger partial charge in [0.05, 0.1) is 25.4 Å². The number of hydrogen-bond donors (Lipinski definition) is 6. The fraction of sp³-hybridized carbons (Fsp3) is 0.929. The molecule has 7 atom stereocenters. The van der Waals surface area contributed by atoms with E-state index in [9.17, 15) is 30.3 Å². The summed E-state index contributed by atoms with van der Waals surface area (Å²) in [5.41, 5.74) is 0. The quantitative estimate of drug-likeness (QED) is 0.0283. The highest BCUT2D eigenvalue weighted by Crippen LogP contribution is 2.22. The third-order valence-corrected chi connectivity index (χ3v) is 10.4. The Morgan fingerprint density at radius 1 is 0.647 bits per heavy atom. The van der Waals surface area contributed by atoms with Crippen LogP contribution >= 0.6 is 0 Å². The van der Waals surface area contributed by atoms with Crippen molar-refractivity contribution >= 4 is 5.91 Å². The van der Waals surface area contributed by atoms with Gasteiger partial charge < -0.3 is 40.3 Å². The third kappa shape index (κ3) is 24.8. The summed E-state index contributed by atoms with van der Waals surface area (Å²) in [6.07, 6.45) is 29.6. The van der Waals surface area contributed by atoms with Gasteiger partial charge in [-0.3, -0.25) is 4.79 Å². The molecule has 0 aliphatic carbocycles. The number of hydrogen-bond acceptors (Lipinski definition) is 8. The van der Waals surface area contributed by atoms with Gasteiger partial charge in [0.15, 0.2) is 6.29 Å². The summed E-state index contributed by atoms with van der Waals surface area (Å²) in [4.78, 5) is 12.9. The van der Waals surface area contributed by atoms with E-state index in [-0.39, 0.29) is 12.5 Å². The molecule has 302 valence electrons. The molecule has 0 aromatic rings. The molecule has 0 bridgehead atoms. The molecule has 0 saturated carbocycles. The molecule has 9 nitrogen and oxygen atoms in total. The van der Waals surface area contributed by atoms with E-state index in [4.69, 9.17) is 9.47 Å². The average Bonchev–Trinajstić information content (AvgIpc) is 3.13. The van der Waals surface area contributed by atoms with Gasteiger partial charge >= 0.3 is 0 Å². The van der Waals surface area contributed by atoms with E-state index in [1.165, 1.54) is 135 Å². The summed E-state index contributed by atoms with van der Waals surface area (Å²) < 4.78 is 11.2. The van der Waals surface area contributed by atoms with Crippen LogP contribution in [0.1, 0.15) is 194 Å². The maximum atomic E-state index is 12.9. The van der Waals surface area contributed by atoms with E-state index >= 15 is 0 Å². The summed E-state index contributed by atoms with van der Waals surface area (Å²) in [5, 5.41) is 54.0. The molecule has 0 aromatic carbocycles. The second-order valence-corrected chi connectivity index (χ2v) is 15.1. The number of nitrogens with one attached hydrogen (secondary N) is 1. The van der Waals surface area contributed by atoms with E-state index in [0.29, 0.717) is 6.42 Å². The maximum absolute atomic E-state index is 12.9. The molecule has 1 aliphatic rings. The molecule has 0 radical (unpaired) electrons. The van der Waals surface area contributed by atoms with Gasteiger partial charge in [0, 0.05) is 6.42 Å². The number of aliphatic hydroxyl groups excluding tert-OH is 5. The Bertz CT molecular complexity index is 812. The molecule has 2 unspecified atom stereocenters. The average molecular weight is 728 g/mol. The molecule has 1 heterocycles. The van der Waals surface area contributed by atoms with Crippen molar-refractivity contribution in [2.45, 2.75) is 236 Å². The monoisotopic (exact) mass is 728 g/mol. The molecule has 1 saturated heterocycles. The predicted octanol–water partition coefficient (Wildman–Crippen LogP) is 8.17. The number of carbonyl (C=O) groups is 1. The van der Waals surface area contributed by atoms with Crippen LogP contribution in [0, 0.1) is 0 Å². The van der Waals surface area contributed by atoms with Crippen molar-refractivity contribution < 1.29 is 39.8 Å². The van der Waals surface area contributed by atoms with Crippen molar-refractivity contribution in [1.29, 1.82) is 0 Å². The Morgan fingerprint density at radius 3 is 1.53 bits per heavy atom. The van der Waals surface area contributed by atoms with Gasteiger partial charge in [-0.1, -0.05) is 180 Å². The minimum Gasteiger partial charge on any atom is -0.394 e. The van der Waals surface area contributed by atoms with E-state index in [1.807, 2.05) is 6.08 Å². The largest absolute Gasteiger partial charge is 0.394 e. The minimum atomic E-state index is -1.56. The Kier molecular flexibility index (Phi) is 31.5. The molecule has 1 rings (SSSR count). The summed E-state index contributed by atoms with van der Waals surface area (Å²) in [5.74, 6) is -0.176. The minimum absolute atomic E-state index is 0.176. The maximum Gasteiger partial charge on any atom is 0.220 e. The first-order valence-electron chi connectivity index (χ1n) is 21.4. The standard InChI is InChI=1S/C42H81NO8/c1-3-5-7-9-11-13-15-17-18-20-21-23-25-27-29-31-36(45)35(34-50-42-41(49)40(48)39(47)37(33-44)51-42)43-38(46)32-30-28-26-24-22-19-16-14-12-10-8-6-4-2/h29,31,35-37,39-42,44-45,47-49H,3-28,30,32-34H2,1-2H3,(H,43,46)/b31-29+/t35-,36+,37+,39+,40?,41?,42+/m0/s1. The second-order valence-electron chi connectivity index (χ2n) is 15.1. The van der Waals surface area contributed by atoms with Crippen LogP contribution in [-0.4, -0.2) is 87.5 Å². The van der Waals surface area contributed by atoms with Crippen molar-refractivity contribution in [1.82, 2.24) is 5.32 Å². The normalized spacial score (nSPS) is 22.1. The zero-order chi connectivity index (χ0) is 37.4. The highest BCUT2D eigenvalue weighted by atomic mass is 16.7. The van der Waals surface area contributed by atoms with Crippen LogP contribution in [0.5, 0.6) is 0 Å². The molecule has 1 amide bonds. The lowest BCUT2D eigenvalue weighted by molar-refractivity contribution is -0.302. The molecule has 6 N–H and O–H groups in total. The summed E-state index contributed by atoms with van der Waals surface area (Å²) in [7, 11) is 0. The number of amides is 1. The summed E-state index contributed by atoms with van der Waals surface area (Å²) in [6.45, 7) is 3.76. The summed E-state index contributed by atoms with van der Waals surface area (Å²) >= 11 is 0. The smallest absolute Gasteiger partial charge is 0.220 e.